The molecule has 2 aromatic carbocycles. The first-order valence-electron chi connectivity index (χ1n) is 8.91. The lowest BCUT2D eigenvalue weighted by Crippen LogP contribution is -2.24. The highest BCUT2D eigenvalue weighted by Crippen LogP contribution is 2.35. The van der Waals surface area contributed by atoms with Gasteiger partial charge in [-0.2, -0.15) is 5.26 Å². The number of benzene rings is 2. The van der Waals surface area contributed by atoms with E-state index in [2.05, 4.69) is 10.6 Å². The quantitative estimate of drug-likeness (QED) is 0.637. The number of hydrogen-bond donors (Lipinski definition) is 0. The third-order valence-corrected chi connectivity index (χ3v) is 6.16. The van der Waals surface area contributed by atoms with Gasteiger partial charge in [-0.1, -0.05) is 24.3 Å². The summed E-state index contributed by atoms with van der Waals surface area (Å²) in [4.78, 5) is 0. The first-order valence-corrected chi connectivity index (χ1v) is 10.8. The second-order valence-corrected chi connectivity index (χ2v) is 8.77. The predicted molar refractivity (Wildman–Crippen MR) is 111 cm³/mol. The van der Waals surface area contributed by atoms with E-state index in [9.17, 15) is 13.7 Å². The molecule has 0 atom stereocenters. The standard InChI is InChI=1S/C21H23N3O3S/c1-5-24-20-12-17(27-3)10-11-18(20)19(13-22)21(24)16-8-6-15(7-9-16)14-23(2)28(4,25)26/h6-12H,5,14H2,1-4H3. The summed E-state index contributed by atoms with van der Waals surface area (Å²) in [7, 11) is -0.0556. The van der Waals surface area contributed by atoms with Crippen LogP contribution in [0.3, 0.4) is 0 Å². The molecule has 0 unspecified atom stereocenters. The lowest BCUT2D eigenvalue weighted by Gasteiger charge is -2.14. The molecule has 0 aliphatic heterocycles. The van der Waals surface area contributed by atoms with Gasteiger partial charge in [-0.3, -0.25) is 0 Å². The van der Waals surface area contributed by atoms with Gasteiger partial charge < -0.3 is 9.30 Å². The van der Waals surface area contributed by atoms with Gasteiger partial charge in [-0.05, 0) is 30.2 Å². The van der Waals surface area contributed by atoms with Crippen LogP contribution in [-0.2, 0) is 23.1 Å². The van der Waals surface area contributed by atoms with Crippen LogP contribution in [0.1, 0.15) is 18.1 Å². The van der Waals surface area contributed by atoms with E-state index < -0.39 is 10.0 Å². The molecule has 1 aromatic heterocycles. The van der Waals surface area contributed by atoms with Crippen molar-refractivity contribution in [1.82, 2.24) is 8.87 Å². The van der Waals surface area contributed by atoms with E-state index in [0.717, 1.165) is 33.5 Å². The molecule has 3 aromatic rings. The second-order valence-electron chi connectivity index (χ2n) is 6.68. The molecule has 0 aliphatic rings. The highest BCUT2D eigenvalue weighted by molar-refractivity contribution is 7.88. The van der Waals surface area contributed by atoms with Gasteiger partial charge in [0.1, 0.15) is 11.8 Å². The van der Waals surface area contributed by atoms with Crippen LogP contribution in [0.15, 0.2) is 42.5 Å². The number of aryl methyl sites for hydroxylation is 1. The van der Waals surface area contributed by atoms with Gasteiger partial charge in [0.05, 0.1) is 30.1 Å². The van der Waals surface area contributed by atoms with Gasteiger partial charge in [0.25, 0.3) is 0 Å². The van der Waals surface area contributed by atoms with E-state index in [1.165, 1.54) is 10.6 Å². The maximum Gasteiger partial charge on any atom is 0.211 e. The van der Waals surface area contributed by atoms with Crippen molar-refractivity contribution in [3.05, 3.63) is 53.6 Å². The topological polar surface area (TPSA) is 75.3 Å². The molecule has 0 fully saturated rings. The second kappa shape index (κ2) is 7.66. The summed E-state index contributed by atoms with van der Waals surface area (Å²) in [5, 5.41) is 10.7. The summed E-state index contributed by atoms with van der Waals surface area (Å²) in [6.45, 7) is 3.05. The largest absolute Gasteiger partial charge is 0.497 e. The SMILES string of the molecule is CCn1c(-c2ccc(CN(C)S(C)(=O)=O)cc2)c(C#N)c2ccc(OC)cc21. The highest BCUT2D eigenvalue weighted by Gasteiger charge is 2.19. The Morgan fingerprint density at radius 3 is 2.39 bits per heavy atom. The zero-order valence-electron chi connectivity index (χ0n) is 16.4. The van der Waals surface area contributed by atoms with Crippen molar-refractivity contribution >= 4 is 20.9 Å². The van der Waals surface area contributed by atoms with Crippen molar-refractivity contribution < 1.29 is 13.2 Å². The normalized spacial score (nSPS) is 11.7. The molecule has 0 bridgehead atoms. The van der Waals surface area contributed by atoms with Gasteiger partial charge in [-0.15, -0.1) is 0 Å². The molecular formula is C21H23N3O3S. The summed E-state index contributed by atoms with van der Waals surface area (Å²) in [5.41, 5.74) is 4.24. The molecule has 3 rings (SSSR count). The molecule has 0 saturated carbocycles. The number of sulfonamides is 1. The van der Waals surface area contributed by atoms with Crippen molar-refractivity contribution in [3.63, 3.8) is 0 Å². The summed E-state index contributed by atoms with van der Waals surface area (Å²) >= 11 is 0. The molecule has 7 heteroatoms. The molecule has 0 saturated heterocycles. The molecule has 0 aliphatic carbocycles. The Bertz CT molecular complexity index is 1160. The Morgan fingerprint density at radius 1 is 1.18 bits per heavy atom. The van der Waals surface area contributed by atoms with Crippen LogP contribution >= 0.6 is 0 Å². The molecular weight excluding hydrogens is 374 g/mol. The fourth-order valence-corrected chi connectivity index (χ4v) is 3.72. The highest BCUT2D eigenvalue weighted by atomic mass is 32.2. The number of ether oxygens (including phenoxy) is 1. The van der Waals surface area contributed by atoms with Gasteiger partial charge >= 0.3 is 0 Å². The summed E-state index contributed by atoms with van der Waals surface area (Å²) < 4.78 is 32.0. The van der Waals surface area contributed by atoms with Crippen molar-refractivity contribution in [2.45, 2.75) is 20.0 Å². The predicted octanol–water partition coefficient (Wildman–Crippen LogP) is 3.60. The lowest BCUT2D eigenvalue weighted by molar-refractivity contribution is 0.415. The summed E-state index contributed by atoms with van der Waals surface area (Å²) in [6, 6.07) is 15.7. The fraction of sp³-hybridized carbons (Fsp3) is 0.286. The van der Waals surface area contributed by atoms with Crippen molar-refractivity contribution in [3.8, 4) is 23.1 Å². The number of aromatic nitrogens is 1. The zero-order valence-corrected chi connectivity index (χ0v) is 17.2. The van der Waals surface area contributed by atoms with Crippen molar-refractivity contribution in [1.29, 1.82) is 5.26 Å². The summed E-state index contributed by atoms with van der Waals surface area (Å²) in [5.74, 6) is 0.745. The third kappa shape index (κ3) is 3.61. The monoisotopic (exact) mass is 397 g/mol. The molecule has 0 amide bonds. The number of rotatable bonds is 6. The first-order chi connectivity index (χ1) is 13.3. The number of nitriles is 1. The minimum Gasteiger partial charge on any atom is -0.497 e. The number of hydrogen-bond acceptors (Lipinski definition) is 4. The maximum absolute atomic E-state index is 11.6. The van der Waals surface area contributed by atoms with Gasteiger partial charge in [0.15, 0.2) is 0 Å². The van der Waals surface area contributed by atoms with Gasteiger partial charge in [0, 0.05) is 31.6 Å². The Labute approximate surface area is 165 Å². The molecule has 0 N–H and O–H groups in total. The van der Waals surface area contributed by atoms with Gasteiger partial charge in [-0.25, -0.2) is 12.7 Å². The van der Waals surface area contributed by atoms with Crippen LogP contribution in [0.25, 0.3) is 22.2 Å². The van der Waals surface area contributed by atoms with Crippen molar-refractivity contribution in [2.24, 2.45) is 0 Å². The molecule has 6 nitrogen and oxygen atoms in total. The number of nitrogens with zero attached hydrogens (tertiary/aromatic N) is 3. The minimum absolute atomic E-state index is 0.304. The van der Waals surface area contributed by atoms with E-state index in [1.807, 2.05) is 49.4 Å². The number of methoxy groups -OCH3 is 1. The Balaban J connectivity index is 2.09. The Kier molecular flexibility index (Phi) is 5.45. The minimum atomic E-state index is -3.23. The van der Waals surface area contributed by atoms with Crippen LogP contribution in [-0.4, -0.2) is 37.7 Å². The average Bonchev–Trinajstić information content (AvgIpc) is 3.00. The molecule has 1 heterocycles. The Morgan fingerprint density at radius 2 is 1.86 bits per heavy atom. The number of fused-ring (bicyclic) bond motifs is 1. The van der Waals surface area contributed by atoms with Crippen LogP contribution in [0.5, 0.6) is 5.75 Å². The third-order valence-electron chi connectivity index (χ3n) is 4.90. The molecule has 146 valence electrons. The van der Waals surface area contributed by atoms with Gasteiger partial charge in [0.2, 0.25) is 10.0 Å². The zero-order chi connectivity index (χ0) is 20.5. The Hall–Kier alpha value is -2.82. The molecule has 28 heavy (non-hydrogen) atoms. The maximum atomic E-state index is 11.6. The van der Waals surface area contributed by atoms with Crippen LogP contribution in [0, 0.1) is 11.3 Å². The average molecular weight is 398 g/mol. The first kappa shape index (κ1) is 19.9. The smallest absolute Gasteiger partial charge is 0.211 e. The van der Waals surface area contributed by atoms with Crippen molar-refractivity contribution in [2.75, 3.05) is 20.4 Å². The van der Waals surface area contributed by atoms with E-state index >= 15 is 0 Å². The van der Waals surface area contributed by atoms with E-state index in [0.29, 0.717) is 18.7 Å². The van der Waals surface area contributed by atoms with Crippen LogP contribution in [0.2, 0.25) is 0 Å². The van der Waals surface area contributed by atoms with E-state index in [4.69, 9.17) is 4.74 Å². The lowest BCUT2D eigenvalue weighted by atomic mass is 10.0. The molecule has 0 spiro atoms. The molecule has 0 radical (unpaired) electrons. The van der Waals surface area contributed by atoms with Crippen LogP contribution in [0.4, 0.5) is 0 Å². The van der Waals surface area contributed by atoms with E-state index in [1.54, 1.807) is 14.2 Å². The van der Waals surface area contributed by atoms with Crippen LogP contribution < -0.4 is 4.74 Å². The summed E-state index contributed by atoms with van der Waals surface area (Å²) in [6.07, 6.45) is 1.19. The fourth-order valence-electron chi connectivity index (χ4n) is 3.34. The van der Waals surface area contributed by atoms with E-state index in [-0.39, 0.29) is 0 Å².